The van der Waals surface area contributed by atoms with E-state index in [0.29, 0.717) is 0 Å². The average molecular weight is 818 g/mol. The van der Waals surface area contributed by atoms with E-state index < -0.39 is 0 Å². The molecule has 64 heavy (non-hydrogen) atoms. The van der Waals surface area contributed by atoms with E-state index in [4.69, 9.17) is 0 Å². The van der Waals surface area contributed by atoms with Gasteiger partial charge in [0.25, 0.3) is 0 Å². The Labute approximate surface area is 377 Å². The highest BCUT2D eigenvalue weighted by molar-refractivity contribution is 5.88. The van der Waals surface area contributed by atoms with Crippen molar-refractivity contribution < 1.29 is 0 Å². The minimum Gasteiger partial charge on any atom is -0.310 e. The predicted molar refractivity (Wildman–Crippen MR) is 270 cm³/mol. The lowest BCUT2D eigenvalue weighted by Gasteiger charge is -2.34. The zero-order valence-corrected chi connectivity index (χ0v) is 35.7. The van der Waals surface area contributed by atoms with Crippen molar-refractivity contribution in [3.63, 3.8) is 0 Å². The molecule has 1 atom stereocenters. The number of rotatable bonds is 10. The van der Waals surface area contributed by atoms with Crippen LogP contribution in [0.2, 0.25) is 0 Å². The molecule has 9 aromatic carbocycles. The molecule has 9 aromatic rings. The second-order valence-electron chi connectivity index (χ2n) is 16.8. The van der Waals surface area contributed by atoms with Gasteiger partial charge in [-0.25, -0.2) is 0 Å². The third-order valence-electron chi connectivity index (χ3n) is 13.1. The molecule has 0 saturated carbocycles. The fourth-order valence-electron chi connectivity index (χ4n) is 9.91. The van der Waals surface area contributed by atoms with Crippen LogP contribution >= 0.6 is 0 Å². The van der Waals surface area contributed by atoms with Gasteiger partial charge in [0.05, 0.1) is 5.41 Å². The summed E-state index contributed by atoms with van der Waals surface area (Å²) in [6, 6.07) is 84.9. The third kappa shape index (κ3) is 7.32. The standard InChI is InChI=1S/C63H47N/c1-2-9-19-47(18-8-1)49-26-30-51(31-27-49)53-34-38-56(39-35-53)64(57-40-36-54(37-41-57)52-32-28-50(29-33-52)48-20-10-4-11-21-48)58-42-43-60-59-24-14-15-25-61(59)63(62(60)44-58,55-22-12-5-13-23-55)45-46-16-6-3-7-17-46/h1-8,10-44H,9,45H2. The molecule has 0 radical (unpaired) electrons. The van der Waals surface area contributed by atoms with Gasteiger partial charge in [0.1, 0.15) is 0 Å². The summed E-state index contributed by atoms with van der Waals surface area (Å²) in [5.74, 6) is 0. The first kappa shape index (κ1) is 38.9. The highest BCUT2D eigenvalue weighted by Crippen LogP contribution is 2.55. The minimum atomic E-state index is -0.388. The highest BCUT2D eigenvalue weighted by Gasteiger charge is 2.45. The Kier molecular flexibility index (Phi) is 10.4. The SMILES string of the molecule is C1=CCC=C(c2ccc(-c3ccc(N(c4ccc(-c5ccc(-c6ccccc6)cc5)cc4)c4ccc5c(c4)C(Cc4ccccc4)(c4ccccc4)c4ccccc4-5)cc3)cc2)C=C1. The Morgan fingerprint density at radius 1 is 0.375 bits per heavy atom. The van der Waals surface area contributed by atoms with Gasteiger partial charge in [0.15, 0.2) is 0 Å². The maximum Gasteiger partial charge on any atom is 0.0504 e. The molecule has 0 N–H and O–H groups in total. The van der Waals surface area contributed by atoms with Crippen LogP contribution in [0, 0.1) is 0 Å². The van der Waals surface area contributed by atoms with Crippen molar-refractivity contribution in [2.24, 2.45) is 0 Å². The molecule has 1 unspecified atom stereocenters. The number of hydrogen-bond donors (Lipinski definition) is 0. The van der Waals surface area contributed by atoms with E-state index in [2.05, 4.69) is 266 Å². The normalized spacial score (nSPS) is 14.9. The number of fused-ring (bicyclic) bond motifs is 3. The van der Waals surface area contributed by atoms with E-state index in [1.54, 1.807) is 0 Å². The second-order valence-corrected chi connectivity index (χ2v) is 16.8. The topological polar surface area (TPSA) is 3.24 Å². The van der Waals surface area contributed by atoms with Crippen molar-refractivity contribution in [2.75, 3.05) is 4.90 Å². The molecule has 0 heterocycles. The van der Waals surface area contributed by atoms with E-state index in [1.807, 2.05) is 0 Å². The van der Waals surface area contributed by atoms with Crippen molar-refractivity contribution in [3.05, 3.63) is 289 Å². The van der Waals surface area contributed by atoms with Crippen molar-refractivity contribution in [1.82, 2.24) is 0 Å². The molecule has 0 amide bonds. The fraction of sp³-hybridized carbons (Fsp3) is 0.0476. The van der Waals surface area contributed by atoms with E-state index in [1.165, 1.54) is 77.9 Å². The summed E-state index contributed by atoms with van der Waals surface area (Å²) in [5, 5.41) is 0. The third-order valence-corrected chi connectivity index (χ3v) is 13.1. The van der Waals surface area contributed by atoms with Gasteiger partial charge >= 0.3 is 0 Å². The number of benzene rings is 9. The largest absolute Gasteiger partial charge is 0.310 e. The highest BCUT2D eigenvalue weighted by atomic mass is 15.1. The summed E-state index contributed by atoms with van der Waals surface area (Å²) < 4.78 is 0. The van der Waals surface area contributed by atoms with Crippen LogP contribution in [0.1, 0.15) is 34.2 Å². The van der Waals surface area contributed by atoms with Crippen molar-refractivity contribution in [1.29, 1.82) is 0 Å². The molecule has 304 valence electrons. The Morgan fingerprint density at radius 3 is 1.45 bits per heavy atom. The predicted octanol–water partition coefficient (Wildman–Crippen LogP) is 16.6. The lowest BCUT2D eigenvalue weighted by atomic mass is 9.68. The Morgan fingerprint density at radius 2 is 0.844 bits per heavy atom. The molecular formula is C63H47N. The number of anilines is 3. The van der Waals surface area contributed by atoms with Crippen LogP contribution in [0.15, 0.2) is 261 Å². The van der Waals surface area contributed by atoms with Crippen LogP contribution < -0.4 is 4.90 Å². The maximum absolute atomic E-state index is 2.47. The smallest absolute Gasteiger partial charge is 0.0504 e. The van der Waals surface area contributed by atoms with Gasteiger partial charge in [0.2, 0.25) is 0 Å². The molecule has 0 bridgehead atoms. The first-order chi connectivity index (χ1) is 31.7. The van der Waals surface area contributed by atoms with Gasteiger partial charge in [-0.1, -0.05) is 225 Å². The van der Waals surface area contributed by atoms with Gasteiger partial charge in [-0.2, -0.15) is 0 Å². The van der Waals surface area contributed by atoms with E-state index in [0.717, 1.165) is 29.9 Å². The Balaban J connectivity index is 1.01. The molecule has 0 fully saturated rings. The van der Waals surface area contributed by atoms with E-state index in [-0.39, 0.29) is 5.41 Å². The first-order valence-corrected chi connectivity index (χ1v) is 22.4. The van der Waals surface area contributed by atoms with Crippen LogP contribution in [0.25, 0.3) is 50.1 Å². The van der Waals surface area contributed by atoms with Gasteiger partial charge in [-0.3, -0.25) is 0 Å². The number of allylic oxidation sites excluding steroid dienone is 6. The van der Waals surface area contributed by atoms with Crippen LogP contribution in [-0.2, 0) is 11.8 Å². The molecule has 0 aliphatic heterocycles. The fourth-order valence-corrected chi connectivity index (χ4v) is 9.91. The van der Waals surface area contributed by atoms with Gasteiger partial charge < -0.3 is 4.90 Å². The van der Waals surface area contributed by atoms with Crippen LogP contribution in [0.3, 0.4) is 0 Å². The number of nitrogens with zero attached hydrogens (tertiary/aromatic N) is 1. The average Bonchev–Trinajstić information content (AvgIpc) is 3.48. The lowest BCUT2D eigenvalue weighted by molar-refractivity contribution is 0.629. The van der Waals surface area contributed by atoms with Crippen LogP contribution in [-0.4, -0.2) is 0 Å². The summed E-state index contributed by atoms with van der Waals surface area (Å²) in [4.78, 5) is 2.43. The maximum atomic E-state index is 2.47. The van der Waals surface area contributed by atoms with E-state index >= 15 is 0 Å². The first-order valence-electron chi connectivity index (χ1n) is 22.4. The molecule has 0 spiro atoms. The quantitative estimate of drug-likeness (QED) is 0.133. The van der Waals surface area contributed by atoms with Gasteiger partial charge in [-0.15, -0.1) is 0 Å². The van der Waals surface area contributed by atoms with Gasteiger partial charge in [-0.05, 0) is 127 Å². The molecule has 2 aliphatic carbocycles. The molecule has 1 nitrogen and oxygen atoms in total. The number of hydrogen-bond acceptors (Lipinski definition) is 1. The molecule has 0 aromatic heterocycles. The summed E-state index contributed by atoms with van der Waals surface area (Å²) in [5.41, 5.74) is 20.5. The summed E-state index contributed by atoms with van der Waals surface area (Å²) in [6.07, 6.45) is 12.7. The Hall–Kier alpha value is -8.00. The van der Waals surface area contributed by atoms with Crippen molar-refractivity contribution in [2.45, 2.75) is 18.3 Å². The van der Waals surface area contributed by atoms with Crippen LogP contribution in [0.4, 0.5) is 17.1 Å². The van der Waals surface area contributed by atoms with Crippen LogP contribution in [0.5, 0.6) is 0 Å². The zero-order valence-electron chi connectivity index (χ0n) is 35.7. The van der Waals surface area contributed by atoms with Crippen molar-refractivity contribution >= 4 is 22.6 Å². The van der Waals surface area contributed by atoms with Gasteiger partial charge in [0, 0.05) is 17.1 Å². The summed E-state index contributed by atoms with van der Waals surface area (Å²) in [6.45, 7) is 0. The monoisotopic (exact) mass is 817 g/mol. The second kappa shape index (κ2) is 17.0. The molecular weight excluding hydrogens is 771 g/mol. The molecule has 2 aliphatic rings. The van der Waals surface area contributed by atoms with Crippen molar-refractivity contribution in [3.8, 4) is 44.5 Å². The molecule has 1 heteroatoms. The molecule has 0 saturated heterocycles. The lowest BCUT2D eigenvalue weighted by Crippen LogP contribution is -2.30. The Bertz CT molecular complexity index is 3140. The molecule has 11 rings (SSSR count). The van der Waals surface area contributed by atoms with E-state index in [9.17, 15) is 0 Å². The minimum absolute atomic E-state index is 0.388. The zero-order chi connectivity index (χ0) is 42.7. The summed E-state index contributed by atoms with van der Waals surface area (Å²) in [7, 11) is 0. The summed E-state index contributed by atoms with van der Waals surface area (Å²) >= 11 is 0.